The van der Waals surface area contributed by atoms with Gasteiger partial charge >= 0.3 is 0 Å². The van der Waals surface area contributed by atoms with Gasteiger partial charge in [-0.05, 0) is 43.4 Å². The molecule has 1 aromatic carbocycles. The number of hydrogen-bond donors (Lipinski definition) is 3. The smallest absolute Gasteiger partial charge is 0.150 e. The largest absolute Gasteiger partial charge is 0.386 e. The van der Waals surface area contributed by atoms with Gasteiger partial charge in [-0.2, -0.15) is 0 Å². The Morgan fingerprint density at radius 2 is 1.84 bits per heavy atom. The summed E-state index contributed by atoms with van der Waals surface area (Å²) >= 11 is 0. The molecule has 0 unspecified atom stereocenters. The third kappa shape index (κ3) is 4.29. The summed E-state index contributed by atoms with van der Waals surface area (Å²) < 4.78 is 13.3. The van der Waals surface area contributed by atoms with Crippen LogP contribution in [0.2, 0.25) is 0 Å². The van der Waals surface area contributed by atoms with Crippen LogP contribution < -0.4 is 15.5 Å². The predicted molar refractivity (Wildman–Crippen MR) is 118 cm³/mol. The highest BCUT2D eigenvalue weighted by atomic mass is 19.1. The van der Waals surface area contributed by atoms with Crippen molar-refractivity contribution in [3.8, 4) is 0 Å². The van der Waals surface area contributed by atoms with E-state index in [2.05, 4.69) is 30.5 Å². The zero-order valence-corrected chi connectivity index (χ0v) is 17.3. The average molecular weight is 420 g/mol. The normalized spacial score (nSPS) is 18.2. The van der Waals surface area contributed by atoms with Gasteiger partial charge in [0.2, 0.25) is 0 Å². The van der Waals surface area contributed by atoms with Crippen molar-refractivity contribution in [2.24, 2.45) is 5.92 Å². The number of rotatable bonds is 7. The highest BCUT2D eigenvalue weighted by Gasteiger charge is 2.52. The number of nitrogens with one attached hydrogen (secondary N) is 2. The fourth-order valence-electron chi connectivity index (χ4n) is 4.06. The zero-order chi connectivity index (χ0) is 21.4. The van der Waals surface area contributed by atoms with E-state index in [9.17, 15) is 9.50 Å². The fraction of sp³-hybridized carbons (Fsp3) is 0.348. The molecule has 1 aliphatic heterocycles. The summed E-state index contributed by atoms with van der Waals surface area (Å²) in [5.41, 5.74) is 1.36. The first-order valence-corrected chi connectivity index (χ1v) is 10.5. The number of β-amino-alcohol motifs (C(OH)–C–C–N with tert-alkyl or cyclic N) is 1. The quantitative estimate of drug-likeness (QED) is 0.535. The Bertz CT molecular complexity index is 1050. The molecule has 0 bridgehead atoms. The van der Waals surface area contributed by atoms with Crippen LogP contribution in [0.25, 0.3) is 0 Å². The highest BCUT2D eigenvalue weighted by molar-refractivity contribution is 5.66. The lowest BCUT2D eigenvalue weighted by atomic mass is 9.88. The van der Waals surface area contributed by atoms with Crippen LogP contribution in [-0.2, 0) is 0 Å². The van der Waals surface area contributed by atoms with Crippen LogP contribution in [-0.4, -0.2) is 38.7 Å². The lowest BCUT2D eigenvalue weighted by Crippen LogP contribution is -2.63. The summed E-state index contributed by atoms with van der Waals surface area (Å²) in [5, 5.41) is 17.3. The van der Waals surface area contributed by atoms with Gasteiger partial charge in [-0.15, -0.1) is 0 Å². The summed E-state index contributed by atoms with van der Waals surface area (Å²) in [4.78, 5) is 15.2. The molecule has 7 nitrogen and oxygen atoms in total. The van der Waals surface area contributed by atoms with Crippen LogP contribution in [0, 0.1) is 11.7 Å². The molecule has 3 N–H and O–H groups in total. The van der Waals surface area contributed by atoms with Crippen molar-refractivity contribution in [3.05, 3.63) is 66.4 Å². The zero-order valence-electron chi connectivity index (χ0n) is 17.3. The molecule has 5 rings (SSSR count). The topological polar surface area (TPSA) is 86.2 Å². The van der Waals surface area contributed by atoms with Gasteiger partial charge in [0.05, 0.1) is 6.20 Å². The molecule has 2 fully saturated rings. The standard InChI is InChI=1S/C23H25FN6O/c1-15(16-2-6-18(24)7-3-16)27-20-10-19(30-13-23(31,14-30)17-4-5-17)11-21(28-20)29-22-12-25-8-9-26-22/h2-3,6-12,15,17,31H,4-5,13-14H2,1H3,(H2,26,27,28,29)/t15-/m0/s1. The van der Waals surface area contributed by atoms with Gasteiger partial charge in [-0.1, -0.05) is 12.1 Å². The van der Waals surface area contributed by atoms with Crippen LogP contribution >= 0.6 is 0 Å². The number of pyridine rings is 1. The minimum absolute atomic E-state index is 0.0625. The van der Waals surface area contributed by atoms with Crippen molar-refractivity contribution in [1.82, 2.24) is 15.0 Å². The lowest BCUT2D eigenvalue weighted by molar-refractivity contribution is -0.00930. The summed E-state index contributed by atoms with van der Waals surface area (Å²) in [5.74, 6) is 2.09. The van der Waals surface area contributed by atoms with Gasteiger partial charge in [0.25, 0.3) is 0 Å². The first-order chi connectivity index (χ1) is 15.0. The van der Waals surface area contributed by atoms with E-state index in [-0.39, 0.29) is 11.9 Å². The third-order valence-electron chi connectivity index (χ3n) is 6.00. The Labute approximate surface area is 180 Å². The van der Waals surface area contributed by atoms with Gasteiger partial charge in [0.15, 0.2) is 0 Å². The van der Waals surface area contributed by atoms with Crippen molar-refractivity contribution < 1.29 is 9.50 Å². The minimum atomic E-state index is -0.573. The maximum Gasteiger partial charge on any atom is 0.150 e. The number of anilines is 4. The van der Waals surface area contributed by atoms with E-state index in [1.54, 1.807) is 30.7 Å². The van der Waals surface area contributed by atoms with E-state index in [4.69, 9.17) is 0 Å². The Balaban J connectivity index is 1.39. The number of aliphatic hydroxyl groups is 1. The summed E-state index contributed by atoms with van der Waals surface area (Å²) in [6.45, 7) is 3.26. The molecule has 1 aliphatic carbocycles. The Morgan fingerprint density at radius 3 is 2.52 bits per heavy atom. The lowest BCUT2D eigenvalue weighted by Gasteiger charge is -2.48. The molecule has 160 valence electrons. The van der Waals surface area contributed by atoms with Crippen LogP contribution in [0.15, 0.2) is 55.0 Å². The Kier molecular flexibility index (Phi) is 4.94. The van der Waals surface area contributed by atoms with Crippen molar-refractivity contribution in [2.75, 3.05) is 28.6 Å². The average Bonchev–Trinajstić information content (AvgIpc) is 3.58. The molecule has 1 saturated carbocycles. The van der Waals surface area contributed by atoms with Crippen molar-refractivity contribution >= 4 is 23.1 Å². The van der Waals surface area contributed by atoms with Crippen molar-refractivity contribution in [1.29, 1.82) is 0 Å². The predicted octanol–water partition coefficient (Wildman–Crippen LogP) is 3.89. The van der Waals surface area contributed by atoms with E-state index >= 15 is 0 Å². The van der Waals surface area contributed by atoms with Crippen LogP contribution in [0.1, 0.15) is 31.4 Å². The Hall–Kier alpha value is -3.26. The fourth-order valence-corrected chi connectivity index (χ4v) is 4.06. The van der Waals surface area contributed by atoms with Gasteiger partial charge < -0.3 is 20.6 Å². The van der Waals surface area contributed by atoms with Crippen LogP contribution in [0.4, 0.5) is 27.5 Å². The molecule has 0 radical (unpaired) electrons. The molecule has 1 atom stereocenters. The van der Waals surface area contributed by atoms with E-state index in [1.165, 1.54) is 12.1 Å². The second kappa shape index (κ2) is 7.77. The maximum atomic E-state index is 13.3. The van der Waals surface area contributed by atoms with Crippen LogP contribution in [0.3, 0.4) is 0 Å². The van der Waals surface area contributed by atoms with E-state index in [1.807, 2.05) is 19.1 Å². The summed E-state index contributed by atoms with van der Waals surface area (Å²) in [7, 11) is 0. The molecular formula is C23H25FN6O. The second-order valence-electron chi connectivity index (χ2n) is 8.46. The molecule has 1 saturated heterocycles. The minimum Gasteiger partial charge on any atom is -0.386 e. The first-order valence-electron chi connectivity index (χ1n) is 10.5. The van der Waals surface area contributed by atoms with Gasteiger partial charge in [0, 0.05) is 49.3 Å². The second-order valence-corrected chi connectivity index (χ2v) is 8.46. The molecule has 0 amide bonds. The van der Waals surface area contributed by atoms with Gasteiger partial charge in [-0.25, -0.2) is 14.4 Å². The van der Waals surface area contributed by atoms with E-state index in [0.717, 1.165) is 24.1 Å². The molecule has 8 heteroatoms. The Morgan fingerprint density at radius 1 is 1.10 bits per heavy atom. The monoisotopic (exact) mass is 420 g/mol. The molecule has 31 heavy (non-hydrogen) atoms. The number of nitrogens with zero attached hydrogens (tertiary/aromatic N) is 4. The number of hydrogen-bond acceptors (Lipinski definition) is 7. The highest BCUT2D eigenvalue weighted by Crippen LogP contribution is 2.46. The first kappa shape index (κ1) is 19.7. The third-order valence-corrected chi connectivity index (χ3v) is 6.00. The number of halogens is 1. The van der Waals surface area contributed by atoms with Crippen LogP contribution in [0.5, 0.6) is 0 Å². The van der Waals surface area contributed by atoms with E-state index in [0.29, 0.717) is 36.5 Å². The molecule has 3 heterocycles. The van der Waals surface area contributed by atoms with Gasteiger partial charge in [-0.3, -0.25) is 4.98 Å². The molecular weight excluding hydrogens is 395 g/mol. The molecule has 2 aromatic heterocycles. The number of aromatic nitrogens is 3. The number of benzene rings is 1. The maximum absolute atomic E-state index is 13.3. The van der Waals surface area contributed by atoms with Crippen molar-refractivity contribution in [3.63, 3.8) is 0 Å². The molecule has 3 aromatic rings. The SMILES string of the molecule is C[C@H](Nc1cc(N2CC(O)(C3CC3)C2)cc(Nc2cnccn2)n1)c1ccc(F)cc1. The molecule has 0 spiro atoms. The summed E-state index contributed by atoms with van der Waals surface area (Å²) in [6, 6.07) is 10.3. The van der Waals surface area contributed by atoms with Crippen molar-refractivity contribution in [2.45, 2.75) is 31.4 Å². The molecule has 2 aliphatic rings. The summed E-state index contributed by atoms with van der Waals surface area (Å²) in [6.07, 6.45) is 7.10. The van der Waals surface area contributed by atoms with Gasteiger partial charge in [0.1, 0.15) is 28.9 Å². The van der Waals surface area contributed by atoms with E-state index < -0.39 is 5.60 Å².